The van der Waals surface area contributed by atoms with Crippen LogP contribution in [-0.4, -0.2) is 58.2 Å². The van der Waals surface area contributed by atoms with Gasteiger partial charge in [0.05, 0.1) is 5.69 Å². The molecular weight excluding hydrogens is 419 g/mol. The standard InChI is InChI=1S/C25H29FN6O/c1-31(2)25-27-14-20(16-7-6-8-18(26)13-16)22(28-25)17-11-12-32(15-17)24(33)23-19-9-4-3-5-10-21(19)29-30-23/h6-8,13-14,17H,3-5,9-12,15H2,1-2H3,(H,29,30)/t17-/m0/s1. The molecule has 1 aliphatic carbocycles. The third-order valence-corrected chi connectivity index (χ3v) is 6.71. The minimum Gasteiger partial charge on any atom is -0.347 e. The summed E-state index contributed by atoms with van der Waals surface area (Å²) in [6.07, 6.45) is 7.86. The van der Waals surface area contributed by atoms with Crippen molar-refractivity contribution in [2.45, 2.75) is 44.4 Å². The van der Waals surface area contributed by atoms with Crippen LogP contribution in [0.4, 0.5) is 10.3 Å². The number of rotatable bonds is 4. The first-order valence-corrected chi connectivity index (χ1v) is 11.7. The molecule has 8 heteroatoms. The summed E-state index contributed by atoms with van der Waals surface area (Å²) in [5.74, 6) is 0.350. The molecule has 172 valence electrons. The number of aryl methyl sites for hydroxylation is 1. The van der Waals surface area contributed by atoms with E-state index in [1.165, 1.54) is 18.6 Å². The van der Waals surface area contributed by atoms with Crippen molar-refractivity contribution in [1.29, 1.82) is 0 Å². The van der Waals surface area contributed by atoms with E-state index in [1.807, 2.05) is 30.0 Å². The molecule has 1 atom stereocenters. The van der Waals surface area contributed by atoms with Crippen LogP contribution >= 0.6 is 0 Å². The van der Waals surface area contributed by atoms with Gasteiger partial charge in [0.2, 0.25) is 5.95 Å². The SMILES string of the molecule is CN(C)c1ncc(-c2cccc(F)c2)c([C@H]2CCN(C(=O)c3n[nH]c4c3CCCCC4)C2)n1. The van der Waals surface area contributed by atoms with E-state index in [0.717, 1.165) is 60.2 Å². The highest BCUT2D eigenvalue weighted by Gasteiger charge is 2.33. The first-order valence-electron chi connectivity index (χ1n) is 11.7. The molecule has 33 heavy (non-hydrogen) atoms. The maximum absolute atomic E-state index is 13.9. The Morgan fingerprint density at radius 2 is 2.06 bits per heavy atom. The number of fused-ring (bicyclic) bond motifs is 1. The highest BCUT2D eigenvalue weighted by molar-refractivity contribution is 5.94. The van der Waals surface area contributed by atoms with E-state index in [-0.39, 0.29) is 17.6 Å². The zero-order valence-electron chi connectivity index (χ0n) is 19.1. The maximum Gasteiger partial charge on any atom is 0.274 e. The summed E-state index contributed by atoms with van der Waals surface area (Å²) in [6, 6.07) is 6.51. The Morgan fingerprint density at radius 3 is 2.88 bits per heavy atom. The predicted octanol–water partition coefficient (Wildman–Crippen LogP) is 3.97. The number of hydrogen-bond donors (Lipinski definition) is 1. The number of anilines is 1. The molecule has 1 saturated heterocycles. The minimum absolute atomic E-state index is 0.00825. The number of aromatic amines is 1. The van der Waals surface area contributed by atoms with E-state index in [0.29, 0.717) is 24.7 Å². The molecular formula is C25H29FN6O. The summed E-state index contributed by atoms with van der Waals surface area (Å²) < 4.78 is 13.9. The second-order valence-corrected chi connectivity index (χ2v) is 9.20. The van der Waals surface area contributed by atoms with Gasteiger partial charge in [-0.05, 0) is 49.8 Å². The van der Waals surface area contributed by atoms with Crippen molar-refractivity contribution in [3.63, 3.8) is 0 Å². The largest absolute Gasteiger partial charge is 0.347 e. The number of benzene rings is 1. The molecule has 1 N–H and O–H groups in total. The van der Waals surface area contributed by atoms with E-state index < -0.39 is 0 Å². The number of halogens is 1. The van der Waals surface area contributed by atoms with Crippen LogP contribution in [-0.2, 0) is 12.8 Å². The molecule has 3 aromatic rings. The fraction of sp³-hybridized carbons (Fsp3) is 0.440. The van der Waals surface area contributed by atoms with Gasteiger partial charge in [-0.25, -0.2) is 14.4 Å². The van der Waals surface area contributed by atoms with Crippen molar-refractivity contribution >= 4 is 11.9 Å². The van der Waals surface area contributed by atoms with Gasteiger partial charge in [-0.15, -0.1) is 0 Å². The van der Waals surface area contributed by atoms with E-state index in [9.17, 15) is 9.18 Å². The molecule has 0 spiro atoms. The Kier molecular flexibility index (Phi) is 5.83. The van der Waals surface area contributed by atoms with Gasteiger partial charge in [0.1, 0.15) is 5.82 Å². The van der Waals surface area contributed by atoms with Crippen molar-refractivity contribution in [2.75, 3.05) is 32.1 Å². The Bertz CT molecular complexity index is 1170. The van der Waals surface area contributed by atoms with Crippen LogP contribution in [0.25, 0.3) is 11.1 Å². The van der Waals surface area contributed by atoms with Gasteiger partial charge in [-0.1, -0.05) is 18.6 Å². The van der Waals surface area contributed by atoms with E-state index in [4.69, 9.17) is 4.98 Å². The van der Waals surface area contributed by atoms with Gasteiger partial charge in [-0.2, -0.15) is 5.10 Å². The summed E-state index contributed by atoms with van der Waals surface area (Å²) in [5.41, 5.74) is 5.21. The summed E-state index contributed by atoms with van der Waals surface area (Å²) in [5, 5.41) is 7.51. The lowest BCUT2D eigenvalue weighted by molar-refractivity contribution is 0.0783. The van der Waals surface area contributed by atoms with Gasteiger partial charge in [0.15, 0.2) is 5.69 Å². The maximum atomic E-state index is 13.9. The fourth-order valence-corrected chi connectivity index (χ4v) is 4.94. The summed E-state index contributed by atoms with van der Waals surface area (Å²) in [4.78, 5) is 26.4. The smallest absolute Gasteiger partial charge is 0.274 e. The van der Waals surface area contributed by atoms with E-state index >= 15 is 0 Å². The van der Waals surface area contributed by atoms with Crippen molar-refractivity contribution in [2.24, 2.45) is 0 Å². The van der Waals surface area contributed by atoms with Crippen LogP contribution in [0.1, 0.15) is 59.0 Å². The molecule has 2 aromatic heterocycles. The topological polar surface area (TPSA) is 78.0 Å². The molecule has 1 fully saturated rings. The zero-order valence-corrected chi connectivity index (χ0v) is 19.1. The Labute approximate surface area is 193 Å². The summed E-state index contributed by atoms with van der Waals surface area (Å²) >= 11 is 0. The molecule has 1 aliphatic heterocycles. The monoisotopic (exact) mass is 448 g/mol. The number of carbonyl (C=O) groups excluding carboxylic acids is 1. The lowest BCUT2D eigenvalue weighted by Crippen LogP contribution is -2.29. The van der Waals surface area contributed by atoms with Crippen molar-refractivity contribution in [3.05, 3.63) is 58.9 Å². The number of amides is 1. The van der Waals surface area contributed by atoms with Crippen LogP contribution in [0.5, 0.6) is 0 Å². The van der Waals surface area contributed by atoms with Crippen LogP contribution in [0.15, 0.2) is 30.5 Å². The average Bonchev–Trinajstić information content (AvgIpc) is 3.40. The third kappa shape index (κ3) is 4.21. The molecule has 0 unspecified atom stereocenters. The Balaban J connectivity index is 1.44. The average molecular weight is 449 g/mol. The van der Waals surface area contributed by atoms with Crippen LogP contribution in [0, 0.1) is 5.82 Å². The van der Waals surface area contributed by atoms with Gasteiger partial charge >= 0.3 is 0 Å². The molecule has 1 amide bonds. The lowest BCUT2D eigenvalue weighted by Gasteiger charge is -2.19. The number of likely N-dealkylation sites (tertiary alicyclic amines) is 1. The van der Waals surface area contributed by atoms with E-state index in [2.05, 4.69) is 15.2 Å². The van der Waals surface area contributed by atoms with Gasteiger partial charge in [-0.3, -0.25) is 9.89 Å². The van der Waals surface area contributed by atoms with E-state index in [1.54, 1.807) is 12.3 Å². The van der Waals surface area contributed by atoms with Crippen molar-refractivity contribution < 1.29 is 9.18 Å². The first-order chi connectivity index (χ1) is 16.0. The third-order valence-electron chi connectivity index (χ3n) is 6.71. The second kappa shape index (κ2) is 8.92. The minimum atomic E-state index is -0.294. The van der Waals surface area contributed by atoms with Crippen LogP contribution < -0.4 is 4.90 Å². The molecule has 7 nitrogen and oxygen atoms in total. The molecule has 0 radical (unpaired) electrons. The number of aromatic nitrogens is 4. The Morgan fingerprint density at radius 1 is 1.21 bits per heavy atom. The first kappa shape index (κ1) is 21.6. The molecule has 0 saturated carbocycles. The van der Waals surface area contributed by atoms with Crippen molar-refractivity contribution in [1.82, 2.24) is 25.1 Å². The van der Waals surface area contributed by atoms with Gasteiger partial charge in [0, 0.05) is 56.1 Å². The number of nitrogens with zero attached hydrogens (tertiary/aromatic N) is 5. The number of hydrogen-bond acceptors (Lipinski definition) is 5. The zero-order chi connectivity index (χ0) is 22.9. The number of H-pyrrole nitrogens is 1. The summed E-state index contributed by atoms with van der Waals surface area (Å²) in [7, 11) is 3.80. The number of nitrogens with one attached hydrogen (secondary N) is 1. The van der Waals surface area contributed by atoms with Gasteiger partial charge < -0.3 is 9.80 Å². The molecule has 0 bridgehead atoms. The van der Waals surface area contributed by atoms with Crippen LogP contribution in [0.2, 0.25) is 0 Å². The van der Waals surface area contributed by atoms with Crippen molar-refractivity contribution in [3.8, 4) is 11.1 Å². The fourth-order valence-electron chi connectivity index (χ4n) is 4.94. The van der Waals surface area contributed by atoms with Gasteiger partial charge in [0.25, 0.3) is 5.91 Å². The van der Waals surface area contributed by atoms with Crippen LogP contribution in [0.3, 0.4) is 0 Å². The molecule has 1 aromatic carbocycles. The Hall–Kier alpha value is -3.29. The normalized spacial score (nSPS) is 18.2. The molecule has 5 rings (SSSR count). The quantitative estimate of drug-likeness (QED) is 0.611. The highest BCUT2D eigenvalue weighted by atomic mass is 19.1. The molecule has 3 heterocycles. The lowest BCUT2D eigenvalue weighted by atomic mass is 9.96. The molecule has 2 aliphatic rings. The second-order valence-electron chi connectivity index (χ2n) is 9.20. The number of carbonyl (C=O) groups is 1. The highest BCUT2D eigenvalue weighted by Crippen LogP contribution is 2.35. The predicted molar refractivity (Wildman–Crippen MR) is 125 cm³/mol. The summed E-state index contributed by atoms with van der Waals surface area (Å²) in [6.45, 7) is 1.21.